The number of hydrogen-bond donors (Lipinski definition) is 2. The second-order valence-corrected chi connectivity index (χ2v) is 7.84. The summed E-state index contributed by atoms with van der Waals surface area (Å²) in [5.74, 6) is -1.19. The predicted molar refractivity (Wildman–Crippen MR) is 86.2 cm³/mol. The van der Waals surface area contributed by atoms with Gasteiger partial charge in [-0.05, 0) is 19.8 Å². The van der Waals surface area contributed by atoms with E-state index < -0.39 is 45.1 Å². The van der Waals surface area contributed by atoms with Crippen molar-refractivity contribution in [1.82, 2.24) is 15.3 Å². The van der Waals surface area contributed by atoms with Crippen LogP contribution in [0.5, 0.6) is 0 Å². The average molecular weight is 379 g/mol. The molecule has 0 unspecified atom stereocenters. The Morgan fingerprint density at radius 2 is 2.04 bits per heavy atom. The van der Waals surface area contributed by atoms with Crippen LogP contribution >= 0.6 is 0 Å². The summed E-state index contributed by atoms with van der Waals surface area (Å²) < 4.78 is 50.3. The second-order valence-electron chi connectivity index (χ2n) is 6.09. The normalized spacial score (nSPS) is 18.6. The molecule has 1 aromatic heterocycles. The van der Waals surface area contributed by atoms with Gasteiger partial charge in [0.15, 0.2) is 5.69 Å². The largest absolute Gasteiger partial charge is 0.433 e. The zero-order valence-electron chi connectivity index (χ0n) is 13.7. The van der Waals surface area contributed by atoms with Gasteiger partial charge in [0.1, 0.15) is 11.1 Å². The van der Waals surface area contributed by atoms with Gasteiger partial charge in [0.05, 0.1) is 5.75 Å². The molecule has 1 aliphatic rings. The molecule has 2 N–H and O–H groups in total. The van der Waals surface area contributed by atoms with Crippen molar-refractivity contribution in [3.8, 4) is 0 Å². The number of nitrogens with zero attached hydrogens (tertiary/aromatic N) is 1. The summed E-state index contributed by atoms with van der Waals surface area (Å²) in [5.41, 5.74) is -2.32. The van der Waals surface area contributed by atoms with E-state index >= 15 is 0 Å². The molecule has 0 spiro atoms. The Morgan fingerprint density at radius 1 is 1.40 bits per heavy atom. The third-order valence-electron chi connectivity index (χ3n) is 4.08. The number of carbonyl (C=O) groups is 1. The average Bonchev–Trinajstić information content (AvgIpc) is 2.53. The quantitative estimate of drug-likeness (QED) is 0.817. The van der Waals surface area contributed by atoms with Crippen molar-refractivity contribution in [3.63, 3.8) is 0 Å². The van der Waals surface area contributed by atoms with Gasteiger partial charge in [-0.3, -0.25) is 13.8 Å². The van der Waals surface area contributed by atoms with E-state index in [4.69, 9.17) is 0 Å². The minimum Gasteiger partial charge on any atom is -0.352 e. The Labute approximate surface area is 145 Å². The van der Waals surface area contributed by atoms with Crippen molar-refractivity contribution in [2.24, 2.45) is 0 Å². The number of amides is 1. The number of rotatable bonds is 5. The maximum atomic E-state index is 12.7. The van der Waals surface area contributed by atoms with Crippen LogP contribution in [0.1, 0.15) is 50.5 Å². The van der Waals surface area contributed by atoms with Crippen LogP contribution in [0.4, 0.5) is 13.2 Å². The first kappa shape index (κ1) is 19.6. The molecule has 2 rings (SSSR count). The van der Waals surface area contributed by atoms with Crippen molar-refractivity contribution in [2.45, 2.75) is 62.2 Å². The molecule has 0 radical (unpaired) electrons. The van der Waals surface area contributed by atoms with Crippen LogP contribution in [0.3, 0.4) is 0 Å². The molecule has 1 heterocycles. The highest BCUT2D eigenvalue weighted by Gasteiger charge is 2.34. The van der Waals surface area contributed by atoms with Crippen molar-refractivity contribution >= 4 is 16.7 Å². The molecule has 1 aromatic rings. The number of aromatic amines is 1. The number of alkyl halides is 3. The minimum atomic E-state index is -4.77. The third-order valence-corrected chi connectivity index (χ3v) is 5.64. The summed E-state index contributed by atoms with van der Waals surface area (Å²) in [6.45, 7) is 1.44. The highest BCUT2D eigenvalue weighted by atomic mass is 32.2. The number of aromatic nitrogens is 2. The molecule has 1 aliphatic carbocycles. The van der Waals surface area contributed by atoms with Crippen LogP contribution in [-0.4, -0.2) is 31.4 Å². The van der Waals surface area contributed by atoms with Gasteiger partial charge in [0.2, 0.25) is 5.91 Å². The molecule has 0 saturated heterocycles. The standard InChI is InChI=1S/C15H20F3N3O3S/c1-9(14(23)19-10-5-3-2-4-6-10)25(24)8-12-20-11(15(16,17)18)7-13(22)21-12/h7,9-10H,2-6,8H2,1H3,(H,19,23)(H,20,21,22)/t9-,25-/m1/s1. The molecule has 1 fully saturated rings. The molecule has 140 valence electrons. The van der Waals surface area contributed by atoms with Crippen molar-refractivity contribution < 1.29 is 22.2 Å². The zero-order valence-corrected chi connectivity index (χ0v) is 14.5. The lowest BCUT2D eigenvalue weighted by atomic mass is 9.95. The Bertz CT molecular complexity index is 699. The molecule has 1 amide bonds. The Kier molecular flexibility index (Phi) is 6.36. The van der Waals surface area contributed by atoms with E-state index in [2.05, 4.69) is 15.3 Å². The lowest BCUT2D eigenvalue weighted by molar-refractivity contribution is -0.141. The van der Waals surface area contributed by atoms with Gasteiger partial charge in [-0.1, -0.05) is 19.3 Å². The smallest absolute Gasteiger partial charge is 0.352 e. The van der Waals surface area contributed by atoms with E-state index in [0.29, 0.717) is 6.07 Å². The second kappa shape index (κ2) is 8.11. The van der Waals surface area contributed by atoms with Gasteiger partial charge >= 0.3 is 6.18 Å². The molecule has 10 heteroatoms. The Balaban J connectivity index is 2.02. The van der Waals surface area contributed by atoms with E-state index in [-0.39, 0.29) is 11.9 Å². The van der Waals surface area contributed by atoms with Crippen molar-refractivity contribution in [1.29, 1.82) is 0 Å². The first-order valence-corrected chi connectivity index (χ1v) is 9.40. The predicted octanol–water partition coefficient (Wildman–Crippen LogP) is 1.87. The number of carbonyl (C=O) groups excluding carboxylic acids is 1. The summed E-state index contributed by atoms with van der Waals surface area (Å²) in [4.78, 5) is 28.9. The van der Waals surface area contributed by atoms with Crippen molar-refractivity contribution in [3.05, 3.63) is 27.9 Å². The van der Waals surface area contributed by atoms with Crippen LogP contribution in [0.25, 0.3) is 0 Å². The zero-order chi connectivity index (χ0) is 18.6. The summed E-state index contributed by atoms with van der Waals surface area (Å²) in [5, 5.41) is 1.91. The third kappa shape index (κ3) is 5.65. The van der Waals surface area contributed by atoms with E-state index in [1.165, 1.54) is 6.92 Å². The topological polar surface area (TPSA) is 91.9 Å². The fraction of sp³-hybridized carbons (Fsp3) is 0.667. The van der Waals surface area contributed by atoms with Crippen molar-refractivity contribution in [2.75, 3.05) is 0 Å². The first-order chi connectivity index (χ1) is 11.7. The summed E-state index contributed by atoms with van der Waals surface area (Å²) in [6.07, 6.45) is 0.147. The van der Waals surface area contributed by atoms with Crippen LogP contribution < -0.4 is 10.9 Å². The Morgan fingerprint density at radius 3 is 2.64 bits per heavy atom. The highest BCUT2D eigenvalue weighted by molar-refractivity contribution is 7.85. The van der Waals surface area contributed by atoms with E-state index in [1.807, 2.05) is 0 Å². The molecule has 0 aliphatic heterocycles. The maximum absolute atomic E-state index is 12.7. The number of halogens is 3. The number of H-pyrrole nitrogens is 1. The fourth-order valence-corrected chi connectivity index (χ4v) is 3.63. The van der Waals surface area contributed by atoms with Gasteiger partial charge in [-0.15, -0.1) is 0 Å². The van der Waals surface area contributed by atoms with Crippen LogP contribution in [0.2, 0.25) is 0 Å². The summed E-state index contributed by atoms with van der Waals surface area (Å²) >= 11 is 0. The fourth-order valence-electron chi connectivity index (χ4n) is 2.67. The molecule has 6 nitrogen and oxygen atoms in total. The molecule has 1 saturated carbocycles. The number of hydrogen-bond acceptors (Lipinski definition) is 4. The van der Waals surface area contributed by atoms with Crippen LogP contribution in [0, 0.1) is 0 Å². The number of nitrogens with one attached hydrogen (secondary N) is 2. The summed E-state index contributed by atoms with van der Waals surface area (Å²) in [7, 11) is -1.81. The van der Waals surface area contributed by atoms with E-state index in [9.17, 15) is 27.0 Å². The van der Waals surface area contributed by atoms with Crippen LogP contribution in [-0.2, 0) is 27.5 Å². The minimum absolute atomic E-state index is 0.0483. The highest BCUT2D eigenvalue weighted by Crippen LogP contribution is 2.26. The molecule has 0 bridgehead atoms. The molecule has 0 aromatic carbocycles. The van der Waals surface area contributed by atoms with Gasteiger partial charge in [0.25, 0.3) is 5.56 Å². The van der Waals surface area contributed by atoms with Crippen LogP contribution in [0.15, 0.2) is 10.9 Å². The molecular formula is C15H20F3N3O3S. The van der Waals surface area contributed by atoms with Gasteiger partial charge in [-0.2, -0.15) is 13.2 Å². The van der Waals surface area contributed by atoms with Gasteiger partial charge in [-0.25, -0.2) is 4.98 Å². The molecule has 2 atom stereocenters. The van der Waals surface area contributed by atoms with Gasteiger partial charge < -0.3 is 10.3 Å². The Hall–Kier alpha value is -1.71. The SMILES string of the molecule is C[C@H](C(=O)NC1CCCCC1)[S@](=O)Cc1nc(C(F)(F)F)cc(=O)[nH]1. The maximum Gasteiger partial charge on any atom is 0.433 e. The van der Waals surface area contributed by atoms with E-state index in [0.717, 1.165) is 32.1 Å². The molecular weight excluding hydrogens is 359 g/mol. The lowest BCUT2D eigenvalue weighted by Gasteiger charge is -2.24. The van der Waals surface area contributed by atoms with E-state index in [1.54, 1.807) is 0 Å². The lowest BCUT2D eigenvalue weighted by Crippen LogP contribution is -2.43. The molecule has 25 heavy (non-hydrogen) atoms. The monoisotopic (exact) mass is 379 g/mol. The first-order valence-electron chi connectivity index (χ1n) is 8.02. The van der Waals surface area contributed by atoms with Gasteiger partial charge in [0, 0.05) is 22.9 Å². The summed E-state index contributed by atoms with van der Waals surface area (Å²) in [6, 6.07) is 0.387.